The van der Waals surface area contributed by atoms with Gasteiger partial charge in [-0.2, -0.15) is 0 Å². The normalized spacial score (nSPS) is 22.6. The van der Waals surface area contributed by atoms with Gasteiger partial charge in [0.15, 0.2) is 5.96 Å². The van der Waals surface area contributed by atoms with Crippen LogP contribution in [0.5, 0.6) is 0 Å². The molecule has 1 saturated carbocycles. The first-order valence-electron chi connectivity index (χ1n) is 9.67. The zero-order chi connectivity index (χ0) is 17.9. The summed E-state index contributed by atoms with van der Waals surface area (Å²) >= 11 is 0. The van der Waals surface area contributed by atoms with Crippen LogP contribution in [0, 0.1) is 0 Å². The highest BCUT2D eigenvalue weighted by Crippen LogP contribution is 2.23. The van der Waals surface area contributed by atoms with Crippen molar-refractivity contribution in [2.45, 2.75) is 70.1 Å². The van der Waals surface area contributed by atoms with E-state index in [9.17, 15) is 4.21 Å². The van der Waals surface area contributed by atoms with Crippen LogP contribution in [-0.4, -0.2) is 40.3 Å². The van der Waals surface area contributed by atoms with Crippen LogP contribution in [0.3, 0.4) is 0 Å². The van der Waals surface area contributed by atoms with Crippen LogP contribution in [-0.2, 0) is 17.2 Å². The third-order valence-corrected chi connectivity index (χ3v) is 6.39. The molecule has 0 aliphatic heterocycles. The van der Waals surface area contributed by atoms with E-state index in [0.29, 0.717) is 11.3 Å². The lowest BCUT2D eigenvalue weighted by Gasteiger charge is -2.30. The maximum Gasteiger partial charge on any atom is 0.191 e. The molecular weight excluding hydrogens is 334 g/mol. The fraction of sp³-hybridized carbons (Fsp3) is 0.737. The largest absolute Gasteiger partial charge is 0.469 e. The SMILES string of the molecule is CCCCN=C(NCCc1ccco1)NC1CCCC(S(=O)CC)C1. The molecule has 5 nitrogen and oxygen atoms in total. The van der Waals surface area contributed by atoms with Crippen LogP contribution < -0.4 is 10.6 Å². The molecule has 0 radical (unpaired) electrons. The molecule has 0 aromatic carbocycles. The van der Waals surface area contributed by atoms with Gasteiger partial charge in [0, 0.05) is 47.4 Å². The van der Waals surface area contributed by atoms with E-state index in [2.05, 4.69) is 17.6 Å². The first-order chi connectivity index (χ1) is 12.2. The lowest BCUT2D eigenvalue weighted by atomic mass is 9.95. The van der Waals surface area contributed by atoms with Gasteiger partial charge in [-0.05, 0) is 37.8 Å². The van der Waals surface area contributed by atoms with Gasteiger partial charge in [-0.1, -0.05) is 26.7 Å². The number of unbranched alkanes of at least 4 members (excludes halogenated alkanes) is 1. The zero-order valence-electron chi connectivity index (χ0n) is 15.6. The molecule has 1 aliphatic rings. The van der Waals surface area contributed by atoms with Gasteiger partial charge in [0.05, 0.1) is 6.26 Å². The average molecular weight is 368 g/mol. The molecular formula is C19H33N3O2S. The summed E-state index contributed by atoms with van der Waals surface area (Å²) in [6.07, 6.45) is 9.13. The Morgan fingerprint density at radius 3 is 3.00 bits per heavy atom. The quantitative estimate of drug-likeness (QED) is 0.399. The third-order valence-electron chi connectivity index (χ3n) is 4.65. The van der Waals surface area contributed by atoms with E-state index >= 15 is 0 Å². The van der Waals surface area contributed by atoms with Gasteiger partial charge in [-0.3, -0.25) is 9.20 Å². The monoisotopic (exact) mass is 367 g/mol. The summed E-state index contributed by atoms with van der Waals surface area (Å²) in [5.74, 6) is 2.63. The third kappa shape index (κ3) is 7.22. The van der Waals surface area contributed by atoms with Gasteiger partial charge in [-0.25, -0.2) is 0 Å². The van der Waals surface area contributed by atoms with E-state index in [4.69, 9.17) is 9.41 Å². The summed E-state index contributed by atoms with van der Waals surface area (Å²) in [6.45, 7) is 5.83. The highest BCUT2D eigenvalue weighted by Gasteiger charge is 2.26. The second kappa shape index (κ2) is 11.3. The topological polar surface area (TPSA) is 66.6 Å². The second-order valence-corrected chi connectivity index (χ2v) is 8.64. The fourth-order valence-electron chi connectivity index (χ4n) is 3.20. The fourth-order valence-corrected chi connectivity index (χ4v) is 4.55. The lowest BCUT2D eigenvalue weighted by molar-refractivity contribution is 0.413. The Kier molecular flexibility index (Phi) is 9.08. The van der Waals surface area contributed by atoms with E-state index in [1.54, 1.807) is 6.26 Å². The summed E-state index contributed by atoms with van der Waals surface area (Å²) in [4.78, 5) is 4.70. The molecule has 1 heterocycles. The number of guanidine groups is 1. The van der Waals surface area contributed by atoms with Crippen LogP contribution in [0.4, 0.5) is 0 Å². The van der Waals surface area contributed by atoms with Crippen LogP contribution in [0.25, 0.3) is 0 Å². The molecule has 0 amide bonds. The van der Waals surface area contributed by atoms with Gasteiger partial charge in [0.2, 0.25) is 0 Å². The zero-order valence-corrected chi connectivity index (χ0v) is 16.4. The molecule has 1 fully saturated rings. The molecule has 0 bridgehead atoms. The van der Waals surface area contributed by atoms with Crippen molar-refractivity contribution in [3.05, 3.63) is 24.2 Å². The van der Waals surface area contributed by atoms with E-state index in [1.807, 2.05) is 19.1 Å². The molecule has 1 aliphatic carbocycles. The molecule has 0 saturated heterocycles. The Labute approximate surface area is 154 Å². The summed E-state index contributed by atoms with van der Waals surface area (Å²) in [5, 5.41) is 7.33. The molecule has 0 spiro atoms. The Bertz CT molecular complexity index is 531. The smallest absolute Gasteiger partial charge is 0.191 e. The van der Waals surface area contributed by atoms with Gasteiger partial charge >= 0.3 is 0 Å². The summed E-state index contributed by atoms with van der Waals surface area (Å²) in [7, 11) is -0.694. The van der Waals surface area contributed by atoms with Crippen molar-refractivity contribution in [1.82, 2.24) is 10.6 Å². The number of furan rings is 1. The molecule has 3 atom stereocenters. The first-order valence-corrected chi connectivity index (χ1v) is 11.1. The second-order valence-electron chi connectivity index (χ2n) is 6.64. The average Bonchev–Trinajstić information content (AvgIpc) is 3.14. The van der Waals surface area contributed by atoms with Crippen molar-refractivity contribution in [2.75, 3.05) is 18.8 Å². The number of nitrogens with one attached hydrogen (secondary N) is 2. The number of hydrogen-bond acceptors (Lipinski definition) is 3. The highest BCUT2D eigenvalue weighted by molar-refractivity contribution is 7.85. The lowest BCUT2D eigenvalue weighted by Crippen LogP contribution is -2.47. The molecule has 3 unspecified atom stereocenters. The summed E-state index contributed by atoms with van der Waals surface area (Å²) in [5.41, 5.74) is 0. The van der Waals surface area contributed by atoms with Crippen molar-refractivity contribution in [1.29, 1.82) is 0 Å². The standard InChI is InChI=1S/C19H33N3O2S/c1-3-5-12-20-19(21-13-11-17-9-7-14-24-17)22-16-8-6-10-18(15-16)25(23)4-2/h7,9,14,16,18H,3-6,8,10-13,15H2,1-2H3,(H2,20,21,22). The number of aliphatic imine (C=N–C) groups is 1. The first kappa shape index (κ1) is 20.0. The van der Waals surface area contributed by atoms with Crippen LogP contribution in [0.2, 0.25) is 0 Å². The molecule has 6 heteroatoms. The van der Waals surface area contributed by atoms with Crippen molar-refractivity contribution < 1.29 is 8.63 Å². The molecule has 2 rings (SSSR count). The molecule has 1 aromatic rings. The Morgan fingerprint density at radius 2 is 2.28 bits per heavy atom. The Morgan fingerprint density at radius 1 is 1.40 bits per heavy atom. The Hall–Kier alpha value is -1.30. The van der Waals surface area contributed by atoms with Crippen LogP contribution in [0.15, 0.2) is 27.8 Å². The van der Waals surface area contributed by atoms with E-state index < -0.39 is 10.8 Å². The van der Waals surface area contributed by atoms with E-state index in [0.717, 1.165) is 75.5 Å². The number of hydrogen-bond donors (Lipinski definition) is 2. The molecule has 142 valence electrons. The van der Waals surface area contributed by atoms with Crippen molar-refractivity contribution in [3.8, 4) is 0 Å². The van der Waals surface area contributed by atoms with Crippen molar-refractivity contribution >= 4 is 16.8 Å². The van der Waals surface area contributed by atoms with Crippen LogP contribution >= 0.6 is 0 Å². The molecule has 25 heavy (non-hydrogen) atoms. The number of rotatable bonds is 9. The molecule has 2 N–H and O–H groups in total. The minimum atomic E-state index is -0.694. The van der Waals surface area contributed by atoms with Crippen LogP contribution in [0.1, 0.15) is 58.1 Å². The predicted octanol–water partition coefficient (Wildman–Crippen LogP) is 3.24. The highest BCUT2D eigenvalue weighted by atomic mass is 32.2. The van der Waals surface area contributed by atoms with E-state index in [1.165, 1.54) is 0 Å². The number of nitrogens with zero attached hydrogens (tertiary/aromatic N) is 1. The van der Waals surface area contributed by atoms with Crippen molar-refractivity contribution in [2.24, 2.45) is 4.99 Å². The maximum atomic E-state index is 12.1. The van der Waals surface area contributed by atoms with Gasteiger partial charge in [-0.15, -0.1) is 0 Å². The predicted molar refractivity (Wildman–Crippen MR) is 105 cm³/mol. The maximum absolute atomic E-state index is 12.1. The van der Waals surface area contributed by atoms with Gasteiger partial charge in [0.25, 0.3) is 0 Å². The summed E-state index contributed by atoms with van der Waals surface area (Å²) < 4.78 is 17.5. The van der Waals surface area contributed by atoms with Crippen molar-refractivity contribution in [3.63, 3.8) is 0 Å². The van der Waals surface area contributed by atoms with E-state index in [-0.39, 0.29) is 0 Å². The van der Waals surface area contributed by atoms with Gasteiger partial charge < -0.3 is 15.1 Å². The Balaban J connectivity index is 1.85. The summed E-state index contributed by atoms with van der Waals surface area (Å²) in [6, 6.07) is 4.28. The van der Waals surface area contributed by atoms with Gasteiger partial charge in [0.1, 0.15) is 5.76 Å². The molecule has 1 aromatic heterocycles. The minimum absolute atomic E-state index is 0.330. The minimum Gasteiger partial charge on any atom is -0.469 e.